The zero-order valence-electron chi connectivity index (χ0n) is 7.14. The Hall–Kier alpha value is -1.84. The first-order valence-corrected chi connectivity index (χ1v) is 3.68. The maximum atomic E-state index is 10.4. The fourth-order valence-electron chi connectivity index (χ4n) is 0.889. The molecule has 0 aliphatic carbocycles. The molecule has 0 heterocycles. The molecule has 0 radical (unpaired) electrons. The molecule has 0 spiro atoms. The van der Waals surface area contributed by atoms with Crippen LogP contribution in [0.4, 0.5) is 5.69 Å². The highest BCUT2D eigenvalue weighted by molar-refractivity contribution is 5.52. The Morgan fingerprint density at radius 2 is 2.31 bits per heavy atom. The summed E-state index contributed by atoms with van der Waals surface area (Å²) in [5.41, 5.74) is 0.828. The Kier molecular flexibility index (Phi) is 3.03. The van der Waals surface area contributed by atoms with Crippen molar-refractivity contribution in [3.8, 4) is 0 Å². The van der Waals surface area contributed by atoms with E-state index in [4.69, 9.17) is 4.74 Å². The summed E-state index contributed by atoms with van der Waals surface area (Å²) in [5, 5.41) is 10.4. The number of hydrogen-bond donors (Lipinski definition) is 0. The van der Waals surface area contributed by atoms with Gasteiger partial charge >= 0.3 is 0 Å². The molecular formula is C9H9NO3. The number of rotatable bonds is 3. The first kappa shape index (κ1) is 9.25. The van der Waals surface area contributed by atoms with Gasteiger partial charge in [-0.2, -0.15) is 0 Å². The van der Waals surface area contributed by atoms with E-state index < -0.39 is 4.92 Å². The lowest BCUT2D eigenvalue weighted by molar-refractivity contribution is -0.384. The van der Waals surface area contributed by atoms with Gasteiger partial charge in [0.25, 0.3) is 5.69 Å². The molecule has 1 aromatic rings. The van der Waals surface area contributed by atoms with Crippen LogP contribution in [0.3, 0.4) is 0 Å². The third kappa shape index (κ3) is 2.59. The fraction of sp³-hybridized carbons (Fsp3) is 0.111. The first-order chi connectivity index (χ1) is 6.24. The van der Waals surface area contributed by atoms with Gasteiger partial charge in [-0.25, -0.2) is 0 Å². The van der Waals surface area contributed by atoms with Crippen LogP contribution in [0.25, 0.3) is 6.08 Å². The van der Waals surface area contributed by atoms with E-state index in [1.165, 1.54) is 25.5 Å². The number of methoxy groups -OCH3 is 1. The zero-order valence-corrected chi connectivity index (χ0v) is 7.14. The van der Waals surface area contributed by atoms with Crippen LogP contribution in [0.2, 0.25) is 0 Å². The van der Waals surface area contributed by atoms with Crippen LogP contribution in [0.1, 0.15) is 5.56 Å². The summed E-state index contributed by atoms with van der Waals surface area (Å²) >= 11 is 0. The van der Waals surface area contributed by atoms with Crippen molar-refractivity contribution in [1.29, 1.82) is 0 Å². The largest absolute Gasteiger partial charge is 0.504 e. The molecule has 1 rings (SSSR count). The third-order valence-electron chi connectivity index (χ3n) is 1.48. The van der Waals surface area contributed by atoms with E-state index in [2.05, 4.69) is 0 Å². The standard InChI is InChI=1S/C9H9NO3/c1-13-6-5-8-3-2-4-9(7-8)10(11)12/h2-7H,1H3/b6-5+. The Morgan fingerprint density at radius 3 is 2.92 bits per heavy atom. The van der Waals surface area contributed by atoms with Crippen molar-refractivity contribution in [2.45, 2.75) is 0 Å². The molecule has 0 bridgehead atoms. The molecule has 0 aliphatic rings. The van der Waals surface area contributed by atoms with Gasteiger partial charge in [0, 0.05) is 12.1 Å². The number of non-ortho nitro benzene ring substituents is 1. The lowest BCUT2D eigenvalue weighted by Crippen LogP contribution is -1.87. The van der Waals surface area contributed by atoms with Crippen molar-refractivity contribution in [1.82, 2.24) is 0 Å². The lowest BCUT2D eigenvalue weighted by Gasteiger charge is -1.93. The van der Waals surface area contributed by atoms with E-state index in [1.54, 1.807) is 18.2 Å². The van der Waals surface area contributed by atoms with E-state index in [9.17, 15) is 10.1 Å². The van der Waals surface area contributed by atoms with Crippen LogP contribution < -0.4 is 0 Å². The number of nitrogens with zero attached hydrogens (tertiary/aromatic N) is 1. The summed E-state index contributed by atoms with van der Waals surface area (Å²) in [6.45, 7) is 0. The topological polar surface area (TPSA) is 52.4 Å². The van der Waals surface area contributed by atoms with Crippen molar-refractivity contribution in [2.24, 2.45) is 0 Å². The zero-order chi connectivity index (χ0) is 9.68. The Labute approximate surface area is 75.6 Å². The van der Waals surface area contributed by atoms with E-state index in [0.29, 0.717) is 0 Å². The molecule has 4 heteroatoms. The molecule has 0 aromatic heterocycles. The van der Waals surface area contributed by atoms with Gasteiger partial charge in [0.1, 0.15) is 0 Å². The Balaban J connectivity index is 2.92. The van der Waals surface area contributed by atoms with Crippen LogP contribution in [-0.2, 0) is 4.74 Å². The summed E-state index contributed by atoms with van der Waals surface area (Å²) < 4.78 is 4.70. The number of nitro groups is 1. The lowest BCUT2D eigenvalue weighted by atomic mass is 10.2. The number of hydrogen-bond acceptors (Lipinski definition) is 3. The van der Waals surface area contributed by atoms with Crippen molar-refractivity contribution >= 4 is 11.8 Å². The van der Waals surface area contributed by atoms with E-state index >= 15 is 0 Å². The van der Waals surface area contributed by atoms with Crippen LogP contribution in [0.5, 0.6) is 0 Å². The quantitative estimate of drug-likeness (QED) is 0.406. The molecule has 13 heavy (non-hydrogen) atoms. The molecular weight excluding hydrogens is 170 g/mol. The molecule has 68 valence electrons. The summed E-state index contributed by atoms with van der Waals surface area (Å²) in [6, 6.07) is 6.33. The summed E-state index contributed by atoms with van der Waals surface area (Å²) in [4.78, 5) is 9.95. The second kappa shape index (κ2) is 4.25. The van der Waals surface area contributed by atoms with Gasteiger partial charge in [0.2, 0.25) is 0 Å². The van der Waals surface area contributed by atoms with Crippen molar-refractivity contribution in [3.05, 3.63) is 46.2 Å². The minimum absolute atomic E-state index is 0.0817. The molecule has 0 saturated carbocycles. The highest BCUT2D eigenvalue weighted by Gasteiger charge is 2.03. The molecule has 0 N–H and O–H groups in total. The minimum atomic E-state index is -0.426. The van der Waals surface area contributed by atoms with Crippen LogP contribution in [0.15, 0.2) is 30.5 Å². The maximum absolute atomic E-state index is 10.4. The summed E-state index contributed by atoms with van der Waals surface area (Å²) in [7, 11) is 1.52. The summed E-state index contributed by atoms with van der Waals surface area (Å²) in [6.07, 6.45) is 3.13. The van der Waals surface area contributed by atoms with Gasteiger partial charge in [-0.3, -0.25) is 10.1 Å². The van der Waals surface area contributed by atoms with Gasteiger partial charge in [-0.1, -0.05) is 12.1 Å². The predicted molar refractivity (Wildman–Crippen MR) is 49.1 cm³/mol. The van der Waals surface area contributed by atoms with E-state index in [-0.39, 0.29) is 5.69 Å². The number of ether oxygens (including phenoxy) is 1. The van der Waals surface area contributed by atoms with Crippen LogP contribution in [0, 0.1) is 10.1 Å². The fourth-order valence-corrected chi connectivity index (χ4v) is 0.889. The molecule has 0 aliphatic heterocycles. The summed E-state index contributed by atoms with van der Waals surface area (Å²) in [5.74, 6) is 0. The third-order valence-corrected chi connectivity index (χ3v) is 1.48. The molecule has 0 saturated heterocycles. The van der Waals surface area contributed by atoms with Crippen molar-refractivity contribution < 1.29 is 9.66 Å². The highest BCUT2D eigenvalue weighted by atomic mass is 16.6. The average molecular weight is 179 g/mol. The minimum Gasteiger partial charge on any atom is -0.504 e. The highest BCUT2D eigenvalue weighted by Crippen LogP contribution is 2.13. The van der Waals surface area contributed by atoms with Crippen LogP contribution in [-0.4, -0.2) is 12.0 Å². The maximum Gasteiger partial charge on any atom is 0.270 e. The molecule has 0 unspecified atom stereocenters. The average Bonchev–Trinajstić information content (AvgIpc) is 2.15. The SMILES string of the molecule is CO/C=C/c1cccc([N+](=O)[O-])c1. The normalized spacial score (nSPS) is 10.2. The second-order valence-electron chi connectivity index (χ2n) is 2.39. The van der Waals surface area contributed by atoms with Crippen molar-refractivity contribution in [3.63, 3.8) is 0 Å². The molecule has 0 fully saturated rings. The van der Waals surface area contributed by atoms with E-state index in [0.717, 1.165) is 5.56 Å². The van der Waals surface area contributed by atoms with E-state index in [1.807, 2.05) is 0 Å². The second-order valence-corrected chi connectivity index (χ2v) is 2.39. The van der Waals surface area contributed by atoms with Gasteiger partial charge in [0.15, 0.2) is 0 Å². The monoisotopic (exact) mass is 179 g/mol. The van der Waals surface area contributed by atoms with Crippen molar-refractivity contribution in [2.75, 3.05) is 7.11 Å². The van der Waals surface area contributed by atoms with Gasteiger partial charge in [-0.15, -0.1) is 0 Å². The van der Waals surface area contributed by atoms with Crippen LogP contribution >= 0.6 is 0 Å². The molecule has 1 aromatic carbocycles. The van der Waals surface area contributed by atoms with Gasteiger partial charge < -0.3 is 4.74 Å². The Morgan fingerprint density at radius 1 is 1.54 bits per heavy atom. The molecule has 0 atom stereocenters. The van der Waals surface area contributed by atoms with Gasteiger partial charge in [-0.05, 0) is 11.6 Å². The van der Waals surface area contributed by atoms with Gasteiger partial charge in [0.05, 0.1) is 18.3 Å². The smallest absolute Gasteiger partial charge is 0.270 e. The molecule has 0 amide bonds. The number of nitro benzene ring substituents is 1. The Bertz CT molecular complexity index is 333. The molecule has 4 nitrogen and oxygen atoms in total. The predicted octanol–water partition coefficient (Wildman–Crippen LogP) is 2.21. The number of benzene rings is 1. The first-order valence-electron chi connectivity index (χ1n) is 3.68.